The lowest BCUT2D eigenvalue weighted by molar-refractivity contribution is 0.150. The van der Waals surface area contributed by atoms with E-state index >= 15 is 0 Å². The molecule has 0 bridgehead atoms. The van der Waals surface area contributed by atoms with Crippen LogP contribution in [-0.2, 0) is 15.6 Å². The number of thiophene rings is 1. The number of aromatic nitrogens is 4. The van der Waals surface area contributed by atoms with Crippen LogP contribution < -0.4 is 0 Å². The largest absolute Gasteiger partial charge is 0.304 e. The second-order valence-corrected chi connectivity index (χ2v) is 18.6. The summed E-state index contributed by atoms with van der Waals surface area (Å²) in [4.78, 5) is 14.7. The van der Waals surface area contributed by atoms with Crippen LogP contribution in [-0.4, -0.2) is 95.6 Å². The molecular formula is C48H44FN7O2S2. The molecule has 1 aliphatic rings. The number of halogens is 1. The van der Waals surface area contributed by atoms with Crippen LogP contribution >= 0.6 is 11.3 Å². The number of nitrogens with zero attached hydrogens (tertiary/aromatic N) is 7. The standard InChI is InChI=1S/C48H44FN7O2S2/c1-53-26-29-55(30-27-53)31-28-54(2)60(57,58)45-25-24-44(59-45)47-41-32-36(20-23-43(41)50-34-51-47)42-33-56(52-46(42)35-18-21-40(49)22-19-35)48(37-12-6-3-7-13-37,38-14-8-4-9-15-38)39-16-10-5-11-17-39/h3-25,32-34H,26-31H2,1-2H3. The van der Waals surface area contributed by atoms with Gasteiger partial charge in [0.25, 0.3) is 10.0 Å². The minimum absolute atomic E-state index is 0.264. The quantitative estimate of drug-likeness (QED) is 0.114. The maximum Gasteiger partial charge on any atom is 0.252 e. The first-order chi connectivity index (χ1) is 29.2. The maximum absolute atomic E-state index is 14.4. The Bertz CT molecular complexity index is 2750. The summed E-state index contributed by atoms with van der Waals surface area (Å²) in [6, 6.07) is 47.0. The molecule has 9 nitrogen and oxygen atoms in total. The van der Waals surface area contributed by atoms with Gasteiger partial charge in [-0.1, -0.05) is 97.1 Å². The predicted molar refractivity (Wildman–Crippen MR) is 238 cm³/mol. The van der Waals surface area contributed by atoms with Gasteiger partial charge in [-0.25, -0.2) is 22.8 Å². The first-order valence-corrected chi connectivity index (χ1v) is 22.2. The molecule has 1 fully saturated rings. The highest BCUT2D eigenvalue weighted by atomic mass is 32.2. The van der Waals surface area contributed by atoms with E-state index in [4.69, 9.17) is 10.1 Å². The number of piperazine rings is 1. The minimum Gasteiger partial charge on any atom is -0.304 e. The van der Waals surface area contributed by atoms with Gasteiger partial charge >= 0.3 is 0 Å². The third kappa shape index (κ3) is 7.46. The van der Waals surface area contributed by atoms with Crippen molar-refractivity contribution in [2.75, 3.05) is 53.4 Å². The van der Waals surface area contributed by atoms with E-state index in [-0.39, 0.29) is 10.0 Å². The molecule has 12 heteroatoms. The van der Waals surface area contributed by atoms with Gasteiger partial charge in [-0.3, -0.25) is 9.58 Å². The van der Waals surface area contributed by atoms with Crippen LogP contribution in [0.3, 0.4) is 0 Å². The number of sulfonamides is 1. The first-order valence-electron chi connectivity index (χ1n) is 20.0. The van der Waals surface area contributed by atoms with E-state index in [2.05, 4.69) is 64.4 Å². The molecule has 0 radical (unpaired) electrons. The van der Waals surface area contributed by atoms with Gasteiger partial charge in [0, 0.05) is 69.0 Å². The minimum atomic E-state index is -3.73. The fourth-order valence-corrected chi connectivity index (χ4v) is 10.8. The van der Waals surface area contributed by atoms with Crippen molar-refractivity contribution in [2.45, 2.75) is 9.75 Å². The molecule has 0 aliphatic carbocycles. The number of likely N-dealkylation sites (N-methyl/N-ethyl adjacent to an activating group) is 2. The van der Waals surface area contributed by atoms with Gasteiger partial charge < -0.3 is 4.90 Å². The highest BCUT2D eigenvalue weighted by Gasteiger charge is 2.40. The molecule has 0 amide bonds. The van der Waals surface area contributed by atoms with Crippen molar-refractivity contribution in [2.24, 2.45) is 0 Å². The van der Waals surface area contributed by atoms with Crippen molar-refractivity contribution in [3.63, 3.8) is 0 Å². The Morgan fingerprint density at radius 1 is 0.717 bits per heavy atom. The molecule has 0 spiro atoms. The van der Waals surface area contributed by atoms with Crippen LogP contribution in [0, 0.1) is 5.82 Å². The molecule has 0 saturated carbocycles. The molecule has 0 unspecified atom stereocenters. The third-order valence-corrected chi connectivity index (χ3v) is 14.9. The van der Waals surface area contributed by atoms with Crippen LogP contribution in [0.1, 0.15) is 16.7 Å². The van der Waals surface area contributed by atoms with Gasteiger partial charge in [-0.05, 0) is 77.8 Å². The predicted octanol–water partition coefficient (Wildman–Crippen LogP) is 8.74. The number of hydrogen-bond donors (Lipinski definition) is 0. The highest BCUT2D eigenvalue weighted by molar-refractivity contribution is 7.91. The Labute approximate surface area is 354 Å². The van der Waals surface area contributed by atoms with Crippen LogP contribution in [0.15, 0.2) is 162 Å². The van der Waals surface area contributed by atoms with Crippen LogP contribution in [0.2, 0.25) is 0 Å². The summed E-state index contributed by atoms with van der Waals surface area (Å²) in [6.07, 6.45) is 3.59. The molecule has 0 atom stereocenters. The van der Waals surface area contributed by atoms with Gasteiger partial charge in [0.2, 0.25) is 0 Å². The maximum atomic E-state index is 14.4. The van der Waals surface area contributed by atoms with E-state index in [1.54, 1.807) is 25.2 Å². The molecule has 3 aromatic heterocycles. The first kappa shape index (κ1) is 39.6. The van der Waals surface area contributed by atoms with Gasteiger partial charge in [0.15, 0.2) is 0 Å². The number of benzene rings is 5. The second kappa shape index (κ2) is 16.6. The summed E-state index contributed by atoms with van der Waals surface area (Å²) in [6.45, 7) is 4.90. The molecule has 302 valence electrons. The fraction of sp³-hybridized carbons (Fsp3) is 0.188. The molecule has 9 rings (SSSR count). The average Bonchev–Trinajstić information content (AvgIpc) is 3.97. The molecule has 8 aromatic rings. The summed E-state index contributed by atoms with van der Waals surface area (Å²) < 4.78 is 45.8. The lowest BCUT2D eigenvalue weighted by Gasteiger charge is -2.36. The van der Waals surface area contributed by atoms with Crippen LogP contribution in [0.5, 0.6) is 0 Å². The SMILES string of the molecule is CN1CCN(CCN(C)S(=O)(=O)c2ccc(-c3ncnc4ccc(-c5cn(C(c6ccccc6)(c6ccccc6)c6ccccc6)nc5-c5ccc(F)cc5)cc34)s2)CC1. The summed E-state index contributed by atoms with van der Waals surface area (Å²) in [5.74, 6) is -0.335. The van der Waals surface area contributed by atoms with Gasteiger partial charge in [-0.2, -0.15) is 9.40 Å². The Kier molecular flexibility index (Phi) is 11.0. The van der Waals surface area contributed by atoms with Crippen LogP contribution in [0.4, 0.5) is 4.39 Å². The van der Waals surface area contributed by atoms with Crippen molar-refractivity contribution in [1.29, 1.82) is 0 Å². The van der Waals surface area contributed by atoms with Gasteiger partial charge in [0.05, 0.1) is 16.1 Å². The lowest BCUT2D eigenvalue weighted by Crippen LogP contribution is -2.47. The van der Waals surface area contributed by atoms with Crippen molar-refractivity contribution in [3.8, 4) is 33.0 Å². The van der Waals surface area contributed by atoms with Crippen molar-refractivity contribution in [3.05, 3.63) is 181 Å². The van der Waals surface area contributed by atoms with Gasteiger partial charge in [-0.15, -0.1) is 11.3 Å². The van der Waals surface area contributed by atoms with E-state index in [9.17, 15) is 12.8 Å². The molecule has 4 heterocycles. The molecule has 5 aromatic carbocycles. The summed E-state index contributed by atoms with van der Waals surface area (Å²) in [7, 11) is 0.0323. The Morgan fingerprint density at radius 2 is 1.32 bits per heavy atom. The second-order valence-electron chi connectivity index (χ2n) is 15.2. The fourth-order valence-electron chi connectivity index (χ4n) is 8.15. The van der Waals surface area contributed by atoms with E-state index < -0.39 is 15.6 Å². The zero-order valence-electron chi connectivity index (χ0n) is 33.4. The Morgan fingerprint density at radius 3 is 1.93 bits per heavy atom. The Hall–Kier alpha value is -5.89. The monoisotopic (exact) mass is 833 g/mol. The number of hydrogen-bond acceptors (Lipinski definition) is 8. The van der Waals surface area contributed by atoms with E-state index in [0.29, 0.717) is 30.0 Å². The van der Waals surface area contributed by atoms with Crippen molar-refractivity contribution in [1.82, 2.24) is 33.9 Å². The zero-order chi connectivity index (χ0) is 41.3. The van der Waals surface area contributed by atoms with E-state index in [0.717, 1.165) is 69.8 Å². The molecule has 1 saturated heterocycles. The number of rotatable bonds is 12. The summed E-state index contributed by atoms with van der Waals surface area (Å²) in [5.41, 5.74) is 6.61. The lowest BCUT2D eigenvalue weighted by atomic mass is 9.77. The topological polar surface area (TPSA) is 87.5 Å². The number of fused-ring (bicyclic) bond motifs is 1. The third-order valence-electron chi connectivity index (χ3n) is 11.5. The molecule has 60 heavy (non-hydrogen) atoms. The Balaban J connectivity index is 1.16. The van der Waals surface area contributed by atoms with Crippen molar-refractivity contribution >= 4 is 32.3 Å². The highest BCUT2D eigenvalue weighted by Crippen LogP contribution is 2.44. The van der Waals surface area contributed by atoms with Crippen LogP contribution in [0.25, 0.3) is 43.9 Å². The van der Waals surface area contributed by atoms with E-state index in [1.165, 1.54) is 34.1 Å². The average molecular weight is 834 g/mol. The van der Waals surface area contributed by atoms with Gasteiger partial charge in [0.1, 0.15) is 27.6 Å². The summed E-state index contributed by atoms with van der Waals surface area (Å²) >= 11 is 1.21. The normalized spacial score (nSPS) is 14.3. The zero-order valence-corrected chi connectivity index (χ0v) is 35.0. The summed E-state index contributed by atoms with van der Waals surface area (Å²) in [5, 5.41) is 6.20. The van der Waals surface area contributed by atoms with Crippen molar-refractivity contribution < 1.29 is 12.8 Å². The smallest absolute Gasteiger partial charge is 0.252 e. The molecule has 0 N–H and O–H groups in total. The molecular weight excluding hydrogens is 790 g/mol. The molecule has 1 aliphatic heterocycles. The van der Waals surface area contributed by atoms with E-state index in [1.807, 2.05) is 83.5 Å².